The number of H-pyrrole nitrogens is 1. The highest BCUT2D eigenvalue weighted by Crippen LogP contribution is 2.38. The third-order valence-corrected chi connectivity index (χ3v) is 5.62. The number of nitriles is 1. The first-order valence-electron chi connectivity index (χ1n) is 8.81. The summed E-state index contributed by atoms with van der Waals surface area (Å²) < 4.78 is 84.7. The summed E-state index contributed by atoms with van der Waals surface area (Å²) in [5.74, 6) is 0.178. The summed E-state index contributed by atoms with van der Waals surface area (Å²) >= 11 is 1.25. The molecule has 4 rings (SSSR count). The molecule has 0 spiro atoms. The van der Waals surface area contributed by atoms with Crippen LogP contribution in [0.2, 0.25) is 0 Å². The molecule has 0 saturated heterocycles. The minimum atomic E-state index is -4.83. The van der Waals surface area contributed by atoms with E-state index < -0.39 is 35.6 Å². The molecule has 0 bridgehead atoms. The molecule has 2 heterocycles. The minimum absolute atomic E-state index is 0.178. The van der Waals surface area contributed by atoms with Gasteiger partial charge in [0.2, 0.25) is 0 Å². The molecule has 12 heteroatoms. The zero-order valence-electron chi connectivity index (χ0n) is 15.7. The lowest BCUT2D eigenvalue weighted by atomic mass is 10.0. The Labute approximate surface area is 179 Å². The third-order valence-electron chi connectivity index (χ3n) is 4.52. The van der Waals surface area contributed by atoms with E-state index in [2.05, 4.69) is 15.4 Å². The van der Waals surface area contributed by atoms with Crippen LogP contribution in [0.1, 0.15) is 22.4 Å². The number of halogens is 6. The van der Waals surface area contributed by atoms with Gasteiger partial charge in [-0.2, -0.15) is 31.6 Å². The number of nitrogens with one attached hydrogen (secondary N) is 1. The number of rotatable bonds is 4. The number of fused-ring (bicyclic) bond motifs is 1. The van der Waals surface area contributed by atoms with Crippen LogP contribution in [0.4, 0.5) is 26.3 Å². The minimum Gasteiger partial charge on any atom is -0.489 e. The summed E-state index contributed by atoms with van der Waals surface area (Å²) in [5.41, 5.74) is -2.48. The molecule has 2 aromatic carbocycles. The Morgan fingerprint density at radius 1 is 1.00 bits per heavy atom. The molecule has 164 valence electrons. The number of ether oxygens (including phenoxy) is 1. The fraction of sp³-hybridized carbons (Fsp3) is 0.150. The molecule has 5 nitrogen and oxygen atoms in total. The zero-order valence-corrected chi connectivity index (χ0v) is 16.5. The third kappa shape index (κ3) is 4.24. The highest BCUT2D eigenvalue weighted by atomic mass is 32.1. The van der Waals surface area contributed by atoms with Crippen LogP contribution in [-0.2, 0) is 19.0 Å². The van der Waals surface area contributed by atoms with Gasteiger partial charge in [0.25, 0.3) is 0 Å². The standard InChI is InChI=1S/C20H10F6N4OS/c21-19(22,23)12-2-4-14(20(24,25)26)11(5-12)9-31-13-3-1-10-6-17(32-16(10)7-13)18-15(8-27)28-30-29-18/h1-7H,9H2,(H,28,29,30). The average molecular weight is 468 g/mol. The van der Waals surface area contributed by atoms with Crippen molar-refractivity contribution in [3.05, 3.63) is 64.8 Å². The summed E-state index contributed by atoms with van der Waals surface area (Å²) in [6.45, 7) is -0.704. The molecule has 2 aromatic heterocycles. The lowest BCUT2D eigenvalue weighted by Gasteiger charge is -2.16. The smallest absolute Gasteiger partial charge is 0.416 e. The molecule has 0 amide bonds. The van der Waals surface area contributed by atoms with Gasteiger partial charge in [-0.05, 0) is 47.9 Å². The highest BCUT2D eigenvalue weighted by Gasteiger charge is 2.37. The number of hydrogen-bond donors (Lipinski definition) is 1. The van der Waals surface area contributed by atoms with Crippen molar-refractivity contribution in [2.75, 3.05) is 0 Å². The van der Waals surface area contributed by atoms with Crippen molar-refractivity contribution in [1.82, 2.24) is 15.4 Å². The SMILES string of the molecule is N#Cc1[nH]nnc1-c1cc2ccc(OCc3cc(C(F)(F)F)ccc3C(F)(F)F)cc2s1. The van der Waals surface area contributed by atoms with Crippen molar-refractivity contribution in [1.29, 1.82) is 5.26 Å². The molecule has 0 radical (unpaired) electrons. The Bertz CT molecular complexity index is 1330. The van der Waals surface area contributed by atoms with E-state index in [0.29, 0.717) is 33.5 Å². The Kier molecular flexibility index (Phi) is 5.29. The molecule has 0 aliphatic heterocycles. The Morgan fingerprint density at radius 3 is 2.47 bits per heavy atom. The molecule has 0 aliphatic carbocycles. The van der Waals surface area contributed by atoms with Crippen LogP contribution in [-0.4, -0.2) is 15.4 Å². The average Bonchev–Trinajstić information content (AvgIpc) is 3.36. The maximum absolute atomic E-state index is 13.2. The largest absolute Gasteiger partial charge is 0.489 e. The van der Waals surface area contributed by atoms with Gasteiger partial charge in [-0.25, -0.2) is 5.10 Å². The van der Waals surface area contributed by atoms with Gasteiger partial charge in [-0.15, -0.1) is 16.4 Å². The first-order valence-corrected chi connectivity index (χ1v) is 9.63. The number of alkyl halides is 6. The zero-order chi connectivity index (χ0) is 23.1. The summed E-state index contributed by atoms with van der Waals surface area (Å²) in [7, 11) is 0. The van der Waals surface area contributed by atoms with E-state index in [1.165, 1.54) is 17.4 Å². The van der Waals surface area contributed by atoms with Gasteiger partial charge in [0, 0.05) is 10.3 Å². The van der Waals surface area contributed by atoms with E-state index >= 15 is 0 Å². The number of thiophene rings is 1. The van der Waals surface area contributed by atoms with Crippen molar-refractivity contribution in [2.24, 2.45) is 0 Å². The Morgan fingerprint density at radius 2 is 1.78 bits per heavy atom. The number of aromatic nitrogens is 3. The Balaban J connectivity index is 1.62. The normalized spacial score (nSPS) is 12.2. The van der Waals surface area contributed by atoms with Crippen LogP contribution < -0.4 is 4.74 Å². The maximum atomic E-state index is 13.2. The molecule has 4 aromatic rings. The summed E-state index contributed by atoms with van der Waals surface area (Å²) in [5, 5.41) is 19.8. The fourth-order valence-corrected chi connectivity index (χ4v) is 4.11. The van der Waals surface area contributed by atoms with Crippen molar-refractivity contribution in [2.45, 2.75) is 19.0 Å². The number of benzene rings is 2. The van der Waals surface area contributed by atoms with Gasteiger partial charge >= 0.3 is 12.4 Å². The summed E-state index contributed by atoms with van der Waals surface area (Å²) in [6, 6.07) is 9.62. The van der Waals surface area contributed by atoms with E-state index in [4.69, 9.17) is 10.00 Å². The van der Waals surface area contributed by atoms with Gasteiger partial charge in [0.1, 0.15) is 24.1 Å². The topological polar surface area (TPSA) is 74.6 Å². The molecular weight excluding hydrogens is 458 g/mol. The lowest BCUT2D eigenvalue weighted by Crippen LogP contribution is -2.14. The van der Waals surface area contributed by atoms with Crippen LogP contribution in [0.3, 0.4) is 0 Å². The second-order valence-corrected chi connectivity index (χ2v) is 7.70. The van der Waals surface area contributed by atoms with E-state index in [9.17, 15) is 26.3 Å². The van der Waals surface area contributed by atoms with Crippen LogP contribution in [0.5, 0.6) is 5.75 Å². The molecule has 0 atom stereocenters. The highest BCUT2D eigenvalue weighted by molar-refractivity contribution is 7.22. The van der Waals surface area contributed by atoms with Gasteiger partial charge < -0.3 is 4.74 Å². The first-order chi connectivity index (χ1) is 15.1. The number of hydrogen-bond acceptors (Lipinski definition) is 5. The Hall–Kier alpha value is -3.59. The molecule has 32 heavy (non-hydrogen) atoms. The predicted molar refractivity (Wildman–Crippen MR) is 103 cm³/mol. The molecule has 0 unspecified atom stereocenters. The second kappa shape index (κ2) is 7.83. The molecule has 1 N–H and O–H groups in total. The van der Waals surface area contributed by atoms with Gasteiger partial charge in [0.15, 0.2) is 5.69 Å². The van der Waals surface area contributed by atoms with Crippen LogP contribution in [0.15, 0.2) is 42.5 Å². The van der Waals surface area contributed by atoms with E-state index in [-0.39, 0.29) is 11.4 Å². The van der Waals surface area contributed by atoms with Crippen LogP contribution in [0, 0.1) is 11.3 Å². The van der Waals surface area contributed by atoms with E-state index in [1.807, 2.05) is 6.07 Å². The van der Waals surface area contributed by atoms with Gasteiger partial charge in [0.05, 0.1) is 16.0 Å². The van der Waals surface area contributed by atoms with Crippen molar-refractivity contribution < 1.29 is 31.1 Å². The quantitative estimate of drug-likeness (QED) is 0.363. The molecule has 0 saturated carbocycles. The number of aromatic amines is 1. The van der Waals surface area contributed by atoms with Crippen molar-refractivity contribution in [3.8, 4) is 22.4 Å². The number of nitrogens with zero attached hydrogens (tertiary/aromatic N) is 3. The van der Waals surface area contributed by atoms with E-state index in [0.717, 1.165) is 5.39 Å². The van der Waals surface area contributed by atoms with E-state index in [1.54, 1.807) is 18.2 Å². The van der Waals surface area contributed by atoms with Gasteiger partial charge in [-0.3, -0.25) is 0 Å². The fourth-order valence-electron chi connectivity index (χ4n) is 3.02. The predicted octanol–water partition coefficient (Wildman–Crippen LogP) is 6.17. The van der Waals surface area contributed by atoms with Crippen molar-refractivity contribution in [3.63, 3.8) is 0 Å². The maximum Gasteiger partial charge on any atom is 0.416 e. The van der Waals surface area contributed by atoms with Crippen LogP contribution in [0.25, 0.3) is 20.7 Å². The lowest BCUT2D eigenvalue weighted by molar-refractivity contribution is -0.142. The van der Waals surface area contributed by atoms with Crippen LogP contribution >= 0.6 is 11.3 Å². The van der Waals surface area contributed by atoms with Gasteiger partial charge in [-0.1, -0.05) is 5.21 Å². The second-order valence-electron chi connectivity index (χ2n) is 6.61. The summed E-state index contributed by atoms with van der Waals surface area (Å²) in [6.07, 6.45) is -9.61. The molecule has 0 fully saturated rings. The van der Waals surface area contributed by atoms with Crippen molar-refractivity contribution >= 4 is 21.4 Å². The first kappa shape index (κ1) is 21.6. The molecule has 0 aliphatic rings. The monoisotopic (exact) mass is 468 g/mol. The molecular formula is C20H10F6N4OS. The summed E-state index contributed by atoms with van der Waals surface area (Å²) in [4.78, 5) is 0.639.